The van der Waals surface area contributed by atoms with Crippen LogP contribution in [-0.2, 0) is 0 Å². The average Bonchev–Trinajstić information content (AvgIpc) is 2.45. The maximum atomic E-state index is 12.4. The molecule has 0 radical (unpaired) electrons. The molecular weight excluding hydrogens is 316 g/mol. The first kappa shape index (κ1) is 19.6. The Labute approximate surface area is 143 Å². The second kappa shape index (κ2) is 8.41. The van der Waals surface area contributed by atoms with Gasteiger partial charge in [0.1, 0.15) is 0 Å². The average molecular weight is 343 g/mol. The smallest absolute Gasteiger partial charge is 0.251 e. The van der Waals surface area contributed by atoms with E-state index in [-0.39, 0.29) is 11.3 Å². The number of ether oxygens (including phenoxy) is 2. The van der Waals surface area contributed by atoms with E-state index in [4.69, 9.17) is 21.1 Å². The Morgan fingerprint density at radius 2 is 2.00 bits per heavy atom. The van der Waals surface area contributed by atoms with E-state index < -0.39 is 0 Å². The van der Waals surface area contributed by atoms with Crippen LogP contribution in [0, 0.1) is 5.41 Å². The minimum Gasteiger partial charge on any atom is -0.493 e. The molecule has 6 heteroatoms. The molecule has 1 aromatic carbocycles. The monoisotopic (exact) mass is 342 g/mol. The van der Waals surface area contributed by atoms with Gasteiger partial charge >= 0.3 is 0 Å². The largest absolute Gasteiger partial charge is 0.493 e. The third-order valence-corrected chi connectivity index (χ3v) is 3.53. The Morgan fingerprint density at radius 1 is 1.35 bits per heavy atom. The van der Waals surface area contributed by atoms with E-state index in [0.717, 1.165) is 6.54 Å². The van der Waals surface area contributed by atoms with Crippen LogP contribution < -0.4 is 14.8 Å². The number of halogens is 1. The van der Waals surface area contributed by atoms with E-state index in [9.17, 15) is 4.79 Å². The summed E-state index contributed by atoms with van der Waals surface area (Å²) in [6, 6.07) is 3.24. The van der Waals surface area contributed by atoms with Gasteiger partial charge in [0.15, 0.2) is 11.5 Å². The second-order valence-electron chi connectivity index (χ2n) is 6.51. The molecule has 0 unspecified atom stereocenters. The van der Waals surface area contributed by atoms with E-state index in [1.54, 1.807) is 12.1 Å². The third kappa shape index (κ3) is 5.92. The minimum absolute atomic E-state index is 0.0295. The zero-order chi connectivity index (χ0) is 17.6. The first-order chi connectivity index (χ1) is 10.7. The zero-order valence-electron chi connectivity index (χ0n) is 14.8. The predicted octanol–water partition coefficient (Wildman–Crippen LogP) is 3.06. The summed E-state index contributed by atoms with van der Waals surface area (Å²) >= 11 is 6.20. The lowest BCUT2D eigenvalue weighted by molar-refractivity contribution is 0.0929. The summed E-state index contributed by atoms with van der Waals surface area (Å²) in [5.74, 6) is 0.735. The van der Waals surface area contributed by atoms with Gasteiger partial charge in [-0.2, -0.15) is 0 Å². The molecule has 1 aromatic rings. The molecular formula is C17H27ClN2O3. The van der Waals surface area contributed by atoms with Crippen LogP contribution in [0.4, 0.5) is 0 Å². The SMILES string of the molecule is CCOc1c(Cl)cc(C(=O)NCC(C)(C)CN(C)C)cc1OC. The van der Waals surface area contributed by atoms with Crippen molar-refractivity contribution >= 4 is 17.5 Å². The molecule has 5 nitrogen and oxygen atoms in total. The number of hydrogen-bond acceptors (Lipinski definition) is 4. The van der Waals surface area contributed by atoms with Gasteiger partial charge < -0.3 is 19.7 Å². The van der Waals surface area contributed by atoms with Crippen LogP contribution in [0.1, 0.15) is 31.1 Å². The maximum absolute atomic E-state index is 12.4. The maximum Gasteiger partial charge on any atom is 0.251 e. The summed E-state index contributed by atoms with van der Waals surface area (Å²) in [7, 11) is 5.55. The molecule has 0 aliphatic carbocycles. The zero-order valence-corrected chi connectivity index (χ0v) is 15.6. The van der Waals surface area contributed by atoms with E-state index in [1.165, 1.54) is 7.11 Å². The van der Waals surface area contributed by atoms with Crippen molar-refractivity contribution in [2.45, 2.75) is 20.8 Å². The van der Waals surface area contributed by atoms with Gasteiger partial charge in [0, 0.05) is 18.7 Å². The fourth-order valence-electron chi connectivity index (χ4n) is 2.47. The molecule has 0 fully saturated rings. The molecule has 1 rings (SSSR count). The lowest BCUT2D eigenvalue weighted by Crippen LogP contribution is -2.40. The van der Waals surface area contributed by atoms with Gasteiger partial charge in [-0.05, 0) is 38.6 Å². The minimum atomic E-state index is -0.180. The summed E-state index contributed by atoms with van der Waals surface area (Å²) in [4.78, 5) is 14.5. The van der Waals surface area contributed by atoms with Gasteiger partial charge in [-0.25, -0.2) is 0 Å². The van der Waals surface area contributed by atoms with Crippen molar-refractivity contribution in [3.05, 3.63) is 22.7 Å². The lowest BCUT2D eigenvalue weighted by atomic mass is 9.93. The summed E-state index contributed by atoms with van der Waals surface area (Å²) in [5, 5.41) is 3.32. The van der Waals surface area contributed by atoms with Crippen molar-refractivity contribution in [1.82, 2.24) is 10.2 Å². The van der Waals surface area contributed by atoms with Gasteiger partial charge in [0.05, 0.1) is 18.7 Å². The molecule has 23 heavy (non-hydrogen) atoms. The Bertz CT molecular complexity index is 545. The number of carbonyl (C=O) groups excluding carboxylic acids is 1. The van der Waals surface area contributed by atoms with Gasteiger partial charge in [-0.1, -0.05) is 25.4 Å². The van der Waals surface area contributed by atoms with Gasteiger partial charge in [0.25, 0.3) is 5.91 Å². The van der Waals surface area contributed by atoms with E-state index in [2.05, 4.69) is 24.1 Å². The molecule has 0 aromatic heterocycles. The van der Waals surface area contributed by atoms with Crippen LogP contribution in [0.25, 0.3) is 0 Å². The van der Waals surface area contributed by atoms with Gasteiger partial charge in [0.2, 0.25) is 0 Å². The molecule has 0 saturated heterocycles. The molecule has 0 bridgehead atoms. The quantitative estimate of drug-likeness (QED) is 0.788. The molecule has 0 saturated carbocycles. The van der Waals surface area contributed by atoms with Crippen LogP contribution in [0.5, 0.6) is 11.5 Å². The van der Waals surface area contributed by atoms with Crippen molar-refractivity contribution in [2.75, 3.05) is 40.9 Å². The van der Waals surface area contributed by atoms with Crippen molar-refractivity contribution in [3.8, 4) is 11.5 Å². The van der Waals surface area contributed by atoms with Crippen molar-refractivity contribution < 1.29 is 14.3 Å². The molecule has 0 spiro atoms. The molecule has 1 amide bonds. The molecule has 130 valence electrons. The Hall–Kier alpha value is -1.46. The van der Waals surface area contributed by atoms with Crippen LogP contribution in [0.2, 0.25) is 5.02 Å². The van der Waals surface area contributed by atoms with Crippen molar-refractivity contribution in [3.63, 3.8) is 0 Å². The molecule has 0 aliphatic rings. The number of nitrogens with one attached hydrogen (secondary N) is 1. The van der Waals surface area contributed by atoms with Gasteiger partial charge in [-0.3, -0.25) is 4.79 Å². The highest BCUT2D eigenvalue weighted by Crippen LogP contribution is 2.36. The number of hydrogen-bond donors (Lipinski definition) is 1. The summed E-state index contributed by atoms with van der Waals surface area (Å²) in [6.45, 7) is 8.00. The summed E-state index contributed by atoms with van der Waals surface area (Å²) in [6.07, 6.45) is 0. The first-order valence-electron chi connectivity index (χ1n) is 7.63. The fourth-order valence-corrected chi connectivity index (χ4v) is 2.73. The number of amides is 1. The van der Waals surface area contributed by atoms with Crippen LogP contribution in [-0.4, -0.2) is 51.7 Å². The van der Waals surface area contributed by atoms with Crippen molar-refractivity contribution in [1.29, 1.82) is 0 Å². The normalized spacial score (nSPS) is 11.5. The van der Waals surface area contributed by atoms with Crippen LogP contribution in [0.3, 0.4) is 0 Å². The molecule has 1 N–H and O–H groups in total. The first-order valence-corrected chi connectivity index (χ1v) is 8.01. The number of carbonyl (C=O) groups is 1. The highest BCUT2D eigenvalue weighted by atomic mass is 35.5. The highest BCUT2D eigenvalue weighted by molar-refractivity contribution is 6.32. The predicted molar refractivity (Wildman–Crippen MR) is 93.8 cm³/mol. The molecule has 0 aliphatic heterocycles. The standard InChI is InChI=1S/C17H27ClN2O3/c1-7-23-15-13(18)8-12(9-14(15)22-6)16(21)19-10-17(2,3)11-20(4)5/h8-9H,7,10-11H2,1-6H3,(H,19,21). The fraction of sp³-hybridized carbons (Fsp3) is 0.588. The second-order valence-corrected chi connectivity index (χ2v) is 6.91. The van der Waals surface area contributed by atoms with Crippen LogP contribution in [0.15, 0.2) is 12.1 Å². The Balaban J connectivity index is 2.86. The number of benzene rings is 1. The van der Waals surface area contributed by atoms with Crippen LogP contribution >= 0.6 is 11.6 Å². The Morgan fingerprint density at radius 3 is 2.52 bits per heavy atom. The number of rotatable bonds is 8. The van der Waals surface area contributed by atoms with E-state index in [0.29, 0.717) is 35.2 Å². The van der Waals surface area contributed by atoms with E-state index in [1.807, 2.05) is 21.0 Å². The number of nitrogens with zero attached hydrogens (tertiary/aromatic N) is 1. The third-order valence-electron chi connectivity index (χ3n) is 3.25. The summed E-state index contributed by atoms with van der Waals surface area (Å²) < 4.78 is 10.7. The van der Waals surface area contributed by atoms with Crippen molar-refractivity contribution in [2.24, 2.45) is 5.41 Å². The lowest BCUT2D eigenvalue weighted by Gasteiger charge is -2.28. The molecule has 0 atom stereocenters. The highest BCUT2D eigenvalue weighted by Gasteiger charge is 2.21. The topological polar surface area (TPSA) is 50.8 Å². The molecule has 0 heterocycles. The summed E-state index contributed by atoms with van der Waals surface area (Å²) in [5.41, 5.74) is 0.425. The Kier molecular flexibility index (Phi) is 7.16. The van der Waals surface area contributed by atoms with Gasteiger partial charge in [-0.15, -0.1) is 0 Å². The van der Waals surface area contributed by atoms with E-state index >= 15 is 0 Å². The number of methoxy groups -OCH3 is 1.